The molecular formula is C22H32N4O2. The number of nitrogens with one attached hydrogen (secondary N) is 1. The van der Waals surface area contributed by atoms with Crippen LogP contribution in [0.4, 0.5) is 0 Å². The van der Waals surface area contributed by atoms with Crippen LogP contribution in [-0.2, 0) is 16.0 Å². The number of hydrogen-bond donors (Lipinski definition) is 1. The molecule has 1 N–H and O–H groups in total. The Hall–Kier alpha value is -2.39. The number of rotatable bonds is 8. The zero-order valence-electron chi connectivity index (χ0n) is 17.3. The van der Waals surface area contributed by atoms with Crippen molar-refractivity contribution in [2.24, 2.45) is 5.92 Å². The lowest BCUT2D eigenvalue weighted by Gasteiger charge is -2.35. The number of nitriles is 1. The highest BCUT2D eigenvalue weighted by Crippen LogP contribution is 2.15. The summed E-state index contributed by atoms with van der Waals surface area (Å²) >= 11 is 0. The van der Waals surface area contributed by atoms with E-state index in [9.17, 15) is 14.9 Å². The van der Waals surface area contributed by atoms with Gasteiger partial charge in [0.25, 0.3) is 0 Å². The molecule has 0 aromatic heterocycles. The summed E-state index contributed by atoms with van der Waals surface area (Å²) in [5.74, 6) is 0.0871. The molecule has 28 heavy (non-hydrogen) atoms. The Morgan fingerprint density at radius 3 is 2.39 bits per heavy atom. The van der Waals surface area contributed by atoms with Crippen molar-refractivity contribution in [3.8, 4) is 6.07 Å². The van der Waals surface area contributed by atoms with Gasteiger partial charge in [0.15, 0.2) is 0 Å². The van der Waals surface area contributed by atoms with Crippen molar-refractivity contribution >= 4 is 11.8 Å². The quantitative estimate of drug-likeness (QED) is 0.745. The first-order chi connectivity index (χ1) is 13.3. The molecule has 0 saturated carbocycles. The van der Waals surface area contributed by atoms with E-state index in [4.69, 9.17) is 0 Å². The molecule has 0 aliphatic carbocycles. The van der Waals surface area contributed by atoms with Crippen LogP contribution in [0.25, 0.3) is 0 Å². The van der Waals surface area contributed by atoms with Crippen molar-refractivity contribution in [1.29, 1.82) is 5.26 Å². The van der Waals surface area contributed by atoms with Crippen LogP contribution < -0.4 is 5.32 Å². The zero-order valence-corrected chi connectivity index (χ0v) is 17.3. The minimum absolute atomic E-state index is 0.0341. The summed E-state index contributed by atoms with van der Waals surface area (Å²) in [6.45, 7) is 8.53. The van der Waals surface area contributed by atoms with Gasteiger partial charge in [0.2, 0.25) is 11.8 Å². The van der Waals surface area contributed by atoms with E-state index in [-0.39, 0.29) is 24.3 Å². The molecule has 6 nitrogen and oxygen atoms in total. The Kier molecular flexibility index (Phi) is 8.01. The Bertz CT molecular complexity index is 690. The Balaban J connectivity index is 1.69. The van der Waals surface area contributed by atoms with E-state index in [0.29, 0.717) is 32.6 Å². The number of aryl methyl sites for hydroxylation is 1. The highest BCUT2D eigenvalue weighted by atomic mass is 16.2. The normalized spacial score (nSPS) is 17.0. The maximum atomic E-state index is 12.4. The van der Waals surface area contributed by atoms with Crippen LogP contribution in [0, 0.1) is 17.2 Å². The number of carbonyl (C=O) groups excluding carboxylic acids is 2. The fourth-order valence-corrected chi connectivity index (χ4v) is 3.24. The highest BCUT2D eigenvalue weighted by molar-refractivity contribution is 5.79. The first-order valence-electron chi connectivity index (χ1n) is 10.1. The Labute approximate surface area is 168 Å². The molecule has 1 saturated heterocycles. The predicted molar refractivity (Wildman–Crippen MR) is 109 cm³/mol. The maximum Gasteiger partial charge on any atom is 0.235 e. The summed E-state index contributed by atoms with van der Waals surface area (Å²) in [6, 6.07) is 12.4. The second-order valence-electron chi connectivity index (χ2n) is 8.01. The van der Waals surface area contributed by atoms with Crippen LogP contribution in [0.1, 0.15) is 39.2 Å². The molecule has 1 aromatic rings. The van der Waals surface area contributed by atoms with Crippen LogP contribution in [0.2, 0.25) is 0 Å². The van der Waals surface area contributed by atoms with Gasteiger partial charge < -0.3 is 10.2 Å². The molecule has 1 heterocycles. The van der Waals surface area contributed by atoms with Gasteiger partial charge in [-0.15, -0.1) is 0 Å². The number of hydrogen-bond acceptors (Lipinski definition) is 4. The molecule has 2 amide bonds. The lowest BCUT2D eigenvalue weighted by atomic mass is 9.90. The van der Waals surface area contributed by atoms with Crippen molar-refractivity contribution in [3.63, 3.8) is 0 Å². The molecule has 1 unspecified atom stereocenters. The average molecular weight is 385 g/mol. The Morgan fingerprint density at radius 1 is 1.18 bits per heavy atom. The number of nitrogens with zero attached hydrogens (tertiary/aromatic N) is 3. The van der Waals surface area contributed by atoms with Crippen molar-refractivity contribution < 1.29 is 9.59 Å². The number of piperazine rings is 1. The van der Waals surface area contributed by atoms with E-state index in [2.05, 4.69) is 23.5 Å². The smallest absolute Gasteiger partial charge is 0.235 e. The van der Waals surface area contributed by atoms with E-state index < -0.39 is 5.54 Å². The first kappa shape index (κ1) is 21.9. The molecule has 1 fully saturated rings. The van der Waals surface area contributed by atoms with Gasteiger partial charge in [-0.05, 0) is 31.2 Å². The molecule has 2 rings (SSSR count). The van der Waals surface area contributed by atoms with Gasteiger partial charge in [0.05, 0.1) is 12.6 Å². The molecular weight excluding hydrogens is 352 g/mol. The Morgan fingerprint density at radius 2 is 1.82 bits per heavy atom. The van der Waals surface area contributed by atoms with Gasteiger partial charge in [0, 0.05) is 32.6 Å². The largest absolute Gasteiger partial charge is 0.340 e. The molecule has 0 spiro atoms. The molecule has 6 heteroatoms. The number of carbonyl (C=O) groups is 2. The fourth-order valence-electron chi connectivity index (χ4n) is 3.24. The molecule has 1 aliphatic rings. The molecule has 152 valence electrons. The molecule has 1 aliphatic heterocycles. The standard InChI is InChI=1S/C22H32N4O2/c1-18(2)22(3,17-23)24-20(27)16-25-12-14-26(15-13-25)21(28)11-7-10-19-8-5-4-6-9-19/h4-6,8-9,18H,7,10-16H2,1-3H3,(H,24,27). The lowest BCUT2D eigenvalue weighted by Crippen LogP contribution is -2.55. The van der Waals surface area contributed by atoms with Gasteiger partial charge >= 0.3 is 0 Å². The minimum atomic E-state index is -0.854. The third kappa shape index (κ3) is 6.35. The molecule has 1 aromatic carbocycles. The van der Waals surface area contributed by atoms with Gasteiger partial charge in [-0.1, -0.05) is 44.2 Å². The number of amides is 2. The SMILES string of the molecule is CC(C)C(C)(C#N)NC(=O)CN1CCN(C(=O)CCCc2ccccc2)CC1. The fraction of sp³-hybridized carbons (Fsp3) is 0.591. The van der Waals surface area contributed by atoms with Crippen LogP contribution >= 0.6 is 0 Å². The molecule has 1 atom stereocenters. The van der Waals surface area contributed by atoms with Gasteiger partial charge in [-0.2, -0.15) is 5.26 Å². The summed E-state index contributed by atoms with van der Waals surface area (Å²) in [5, 5.41) is 12.2. The molecule has 0 bridgehead atoms. The summed E-state index contributed by atoms with van der Waals surface area (Å²) < 4.78 is 0. The van der Waals surface area contributed by atoms with Gasteiger partial charge in [0.1, 0.15) is 5.54 Å². The van der Waals surface area contributed by atoms with Gasteiger partial charge in [-0.3, -0.25) is 14.5 Å². The van der Waals surface area contributed by atoms with Crippen LogP contribution in [0.15, 0.2) is 30.3 Å². The summed E-state index contributed by atoms with van der Waals surface area (Å²) in [4.78, 5) is 28.6. The monoisotopic (exact) mass is 384 g/mol. The lowest BCUT2D eigenvalue weighted by molar-refractivity contribution is -0.133. The van der Waals surface area contributed by atoms with E-state index in [1.165, 1.54) is 5.56 Å². The van der Waals surface area contributed by atoms with E-state index in [1.54, 1.807) is 6.92 Å². The first-order valence-corrected chi connectivity index (χ1v) is 10.1. The minimum Gasteiger partial charge on any atom is -0.340 e. The van der Waals surface area contributed by atoms with Crippen LogP contribution in [0.5, 0.6) is 0 Å². The van der Waals surface area contributed by atoms with E-state index in [1.807, 2.05) is 41.8 Å². The third-order valence-corrected chi connectivity index (χ3v) is 5.58. The summed E-state index contributed by atoms with van der Waals surface area (Å²) in [6.07, 6.45) is 2.33. The summed E-state index contributed by atoms with van der Waals surface area (Å²) in [7, 11) is 0. The van der Waals surface area contributed by atoms with E-state index in [0.717, 1.165) is 12.8 Å². The highest BCUT2D eigenvalue weighted by Gasteiger charge is 2.31. The van der Waals surface area contributed by atoms with Crippen molar-refractivity contribution in [1.82, 2.24) is 15.1 Å². The number of benzene rings is 1. The summed E-state index contributed by atoms with van der Waals surface area (Å²) in [5.41, 5.74) is 0.407. The third-order valence-electron chi connectivity index (χ3n) is 5.58. The second-order valence-corrected chi connectivity index (χ2v) is 8.01. The predicted octanol–water partition coefficient (Wildman–Crippen LogP) is 2.21. The van der Waals surface area contributed by atoms with Gasteiger partial charge in [-0.25, -0.2) is 0 Å². The van der Waals surface area contributed by atoms with E-state index >= 15 is 0 Å². The molecule has 0 radical (unpaired) electrons. The maximum absolute atomic E-state index is 12.4. The average Bonchev–Trinajstić information content (AvgIpc) is 2.69. The van der Waals surface area contributed by atoms with Crippen molar-refractivity contribution in [3.05, 3.63) is 35.9 Å². The second kappa shape index (κ2) is 10.2. The topological polar surface area (TPSA) is 76.4 Å². The zero-order chi connectivity index (χ0) is 20.6. The van der Waals surface area contributed by atoms with Crippen molar-refractivity contribution in [2.75, 3.05) is 32.7 Å². The van der Waals surface area contributed by atoms with Crippen LogP contribution in [-0.4, -0.2) is 59.9 Å². The van der Waals surface area contributed by atoms with Crippen LogP contribution in [0.3, 0.4) is 0 Å². The van der Waals surface area contributed by atoms with Crippen molar-refractivity contribution in [2.45, 2.75) is 45.6 Å².